The number of benzene rings is 1. The Labute approximate surface area is 96.7 Å². The van der Waals surface area contributed by atoms with E-state index >= 15 is 0 Å². The van der Waals surface area contributed by atoms with E-state index in [4.69, 9.17) is 0 Å². The second-order valence-electron chi connectivity index (χ2n) is 4.27. The van der Waals surface area contributed by atoms with E-state index in [1.807, 2.05) is 0 Å². The van der Waals surface area contributed by atoms with Gasteiger partial charge in [0, 0.05) is 17.0 Å². The Hall–Kier alpha value is -0.470. The zero-order chi connectivity index (χ0) is 10.5. The summed E-state index contributed by atoms with van der Waals surface area (Å²) in [5.41, 5.74) is 1.45. The molecule has 1 aliphatic rings. The first-order valence-electron chi connectivity index (χ1n) is 5.73. The monoisotopic (exact) mass is 221 g/mol. The second kappa shape index (κ2) is 5.57. The Kier molecular flexibility index (Phi) is 4.09. The van der Waals surface area contributed by atoms with E-state index in [-0.39, 0.29) is 0 Å². The van der Waals surface area contributed by atoms with Crippen LogP contribution in [0, 0.1) is 0 Å². The molecule has 0 radical (unpaired) electrons. The van der Waals surface area contributed by atoms with E-state index in [2.05, 4.69) is 54.3 Å². The van der Waals surface area contributed by atoms with Crippen molar-refractivity contribution in [2.45, 2.75) is 31.1 Å². The van der Waals surface area contributed by atoms with Crippen molar-refractivity contribution in [1.82, 2.24) is 5.32 Å². The van der Waals surface area contributed by atoms with Crippen molar-refractivity contribution >= 4 is 11.8 Å². The summed E-state index contributed by atoms with van der Waals surface area (Å²) >= 11 is 2.10. The summed E-state index contributed by atoms with van der Waals surface area (Å²) in [6.07, 6.45) is 2.47. The molecule has 1 nitrogen and oxygen atoms in total. The van der Waals surface area contributed by atoms with Crippen molar-refractivity contribution in [2.75, 3.05) is 12.3 Å². The quantitative estimate of drug-likeness (QED) is 0.824. The largest absolute Gasteiger partial charge is 0.313 e. The molecule has 2 atom stereocenters. The standard InChI is InChI=1S/C13H19NS/c1-11-7-8-14-13(10-15-11)9-12-5-3-2-4-6-12/h2-6,11,13-14H,7-10H2,1H3. The molecule has 82 valence electrons. The molecular weight excluding hydrogens is 202 g/mol. The molecule has 1 aromatic carbocycles. The van der Waals surface area contributed by atoms with Crippen molar-refractivity contribution in [3.63, 3.8) is 0 Å². The zero-order valence-corrected chi connectivity index (χ0v) is 10.1. The highest BCUT2D eigenvalue weighted by atomic mass is 32.2. The summed E-state index contributed by atoms with van der Waals surface area (Å²) in [5, 5.41) is 4.46. The van der Waals surface area contributed by atoms with Crippen LogP contribution in [0.25, 0.3) is 0 Å². The lowest BCUT2D eigenvalue weighted by molar-refractivity contribution is 0.552. The highest BCUT2D eigenvalue weighted by molar-refractivity contribution is 7.99. The molecule has 2 unspecified atom stereocenters. The van der Waals surface area contributed by atoms with Gasteiger partial charge in [-0.3, -0.25) is 0 Å². The summed E-state index contributed by atoms with van der Waals surface area (Å²) in [4.78, 5) is 0. The van der Waals surface area contributed by atoms with Crippen LogP contribution < -0.4 is 5.32 Å². The van der Waals surface area contributed by atoms with Gasteiger partial charge in [0.15, 0.2) is 0 Å². The van der Waals surface area contributed by atoms with Gasteiger partial charge in [-0.15, -0.1) is 0 Å². The van der Waals surface area contributed by atoms with Crippen LogP contribution in [0.1, 0.15) is 18.9 Å². The molecule has 1 aliphatic heterocycles. The summed E-state index contributed by atoms with van der Waals surface area (Å²) in [6.45, 7) is 3.50. The SMILES string of the molecule is CC1CCNC(Cc2ccccc2)CS1. The van der Waals surface area contributed by atoms with Gasteiger partial charge in [0.2, 0.25) is 0 Å². The normalized spacial score (nSPS) is 27.3. The van der Waals surface area contributed by atoms with E-state index < -0.39 is 0 Å². The second-order valence-corrected chi connectivity index (χ2v) is 5.74. The van der Waals surface area contributed by atoms with Gasteiger partial charge < -0.3 is 5.32 Å². The third-order valence-electron chi connectivity index (χ3n) is 2.89. The molecular formula is C13H19NS. The average Bonchev–Trinajstić information content (AvgIpc) is 2.46. The zero-order valence-electron chi connectivity index (χ0n) is 9.28. The number of hydrogen-bond donors (Lipinski definition) is 1. The van der Waals surface area contributed by atoms with Gasteiger partial charge in [-0.1, -0.05) is 37.3 Å². The molecule has 0 aliphatic carbocycles. The predicted octanol–water partition coefficient (Wildman–Crippen LogP) is 2.71. The van der Waals surface area contributed by atoms with E-state index in [0.717, 1.165) is 5.25 Å². The fourth-order valence-corrected chi connectivity index (χ4v) is 3.02. The Bertz CT molecular complexity index is 286. The molecule has 0 amide bonds. The van der Waals surface area contributed by atoms with Crippen LogP contribution in [0.5, 0.6) is 0 Å². The molecule has 1 heterocycles. The summed E-state index contributed by atoms with van der Waals surface area (Å²) in [5.74, 6) is 1.25. The van der Waals surface area contributed by atoms with Crippen molar-refractivity contribution < 1.29 is 0 Å². The number of thioether (sulfide) groups is 1. The highest BCUT2D eigenvalue weighted by Gasteiger charge is 2.15. The Morgan fingerprint density at radius 1 is 1.33 bits per heavy atom. The molecule has 15 heavy (non-hydrogen) atoms. The van der Waals surface area contributed by atoms with E-state index in [1.165, 1.54) is 30.7 Å². The van der Waals surface area contributed by atoms with Gasteiger partial charge in [0.1, 0.15) is 0 Å². The molecule has 1 saturated heterocycles. The Balaban J connectivity index is 1.89. The van der Waals surface area contributed by atoms with Crippen LogP contribution in [-0.4, -0.2) is 23.6 Å². The minimum absolute atomic E-state index is 0.655. The van der Waals surface area contributed by atoms with Crippen molar-refractivity contribution in [3.8, 4) is 0 Å². The van der Waals surface area contributed by atoms with Crippen LogP contribution in [-0.2, 0) is 6.42 Å². The van der Waals surface area contributed by atoms with Gasteiger partial charge in [-0.25, -0.2) is 0 Å². The maximum Gasteiger partial charge on any atom is 0.0198 e. The molecule has 2 heteroatoms. The lowest BCUT2D eigenvalue weighted by Crippen LogP contribution is -2.32. The predicted molar refractivity (Wildman–Crippen MR) is 68.5 cm³/mol. The van der Waals surface area contributed by atoms with Crippen LogP contribution in [0.2, 0.25) is 0 Å². The first kappa shape index (κ1) is 11.0. The number of nitrogens with one attached hydrogen (secondary N) is 1. The maximum absolute atomic E-state index is 3.64. The first-order chi connectivity index (χ1) is 7.34. The Morgan fingerprint density at radius 3 is 2.93 bits per heavy atom. The number of hydrogen-bond acceptors (Lipinski definition) is 2. The highest BCUT2D eigenvalue weighted by Crippen LogP contribution is 2.19. The van der Waals surface area contributed by atoms with E-state index in [0.29, 0.717) is 6.04 Å². The van der Waals surface area contributed by atoms with Gasteiger partial charge >= 0.3 is 0 Å². The van der Waals surface area contributed by atoms with Gasteiger partial charge in [0.05, 0.1) is 0 Å². The summed E-state index contributed by atoms with van der Waals surface area (Å²) in [7, 11) is 0. The molecule has 0 aromatic heterocycles. The summed E-state index contributed by atoms with van der Waals surface area (Å²) < 4.78 is 0. The van der Waals surface area contributed by atoms with E-state index in [1.54, 1.807) is 0 Å². The van der Waals surface area contributed by atoms with Gasteiger partial charge in [-0.2, -0.15) is 11.8 Å². The van der Waals surface area contributed by atoms with Crippen LogP contribution in [0.3, 0.4) is 0 Å². The smallest absolute Gasteiger partial charge is 0.0198 e. The Morgan fingerprint density at radius 2 is 2.13 bits per heavy atom. The molecule has 1 N–H and O–H groups in total. The molecule has 0 bridgehead atoms. The average molecular weight is 221 g/mol. The third kappa shape index (κ3) is 3.54. The molecule has 1 aromatic rings. The third-order valence-corrected chi connectivity index (χ3v) is 4.29. The molecule has 0 spiro atoms. The van der Waals surface area contributed by atoms with Crippen LogP contribution in [0.15, 0.2) is 30.3 Å². The maximum atomic E-state index is 3.64. The van der Waals surface area contributed by atoms with Crippen molar-refractivity contribution in [2.24, 2.45) is 0 Å². The minimum Gasteiger partial charge on any atom is -0.313 e. The van der Waals surface area contributed by atoms with E-state index in [9.17, 15) is 0 Å². The molecule has 0 saturated carbocycles. The van der Waals surface area contributed by atoms with Crippen LogP contribution >= 0.6 is 11.8 Å². The van der Waals surface area contributed by atoms with Crippen molar-refractivity contribution in [1.29, 1.82) is 0 Å². The molecule has 1 fully saturated rings. The lowest BCUT2D eigenvalue weighted by Gasteiger charge is -2.15. The fourth-order valence-electron chi connectivity index (χ4n) is 1.94. The van der Waals surface area contributed by atoms with Gasteiger partial charge in [0.25, 0.3) is 0 Å². The van der Waals surface area contributed by atoms with Gasteiger partial charge in [-0.05, 0) is 24.9 Å². The summed E-state index contributed by atoms with van der Waals surface area (Å²) in [6, 6.07) is 11.4. The molecule has 2 rings (SSSR count). The van der Waals surface area contributed by atoms with Crippen molar-refractivity contribution in [3.05, 3.63) is 35.9 Å². The fraction of sp³-hybridized carbons (Fsp3) is 0.538. The topological polar surface area (TPSA) is 12.0 Å². The lowest BCUT2D eigenvalue weighted by atomic mass is 10.1. The van der Waals surface area contributed by atoms with Crippen LogP contribution in [0.4, 0.5) is 0 Å². The number of rotatable bonds is 2. The minimum atomic E-state index is 0.655. The first-order valence-corrected chi connectivity index (χ1v) is 6.78.